The van der Waals surface area contributed by atoms with Gasteiger partial charge in [0.2, 0.25) is 11.8 Å². The Morgan fingerprint density at radius 3 is 2.29 bits per heavy atom. The third kappa shape index (κ3) is 9.28. The first kappa shape index (κ1) is 13.2. The Kier molecular flexibility index (Phi) is 8.27. The van der Waals surface area contributed by atoms with Gasteiger partial charge < -0.3 is 15.4 Å². The minimum absolute atomic E-state index is 0.0358. The van der Waals surface area contributed by atoms with E-state index >= 15 is 0 Å². The standard InChI is InChI=1S/C8H15ClN2O3/c1-7(12)10-2-4-14-5-3-11-8(13)6-9/h2-6H2,1H3,(H,10,12)(H,11,13). The van der Waals surface area contributed by atoms with E-state index in [0.29, 0.717) is 26.3 Å². The molecule has 0 rings (SSSR count). The summed E-state index contributed by atoms with van der Waals surface area (Å²) < 4.78 is 5.11. The van der Waals surface area contributed by atoms with Crippen molar-refractivity contribution in [1.82, 2.24) is 10.6 Å². The molecule has 5 nitrogen and oxygen atoms in total. The number of ether oxygens (including phenoxy) is 1. The highest BCUT2D eigenvalue weighted by atomic mass is 35.5. The number of rotatable bonds is 7. The van der Waals surface area contributed by atoms with Crippen LogP contribution in [0.3, 0.4) is 0 Å². The van der Waals surface area contributed by atoms with Crippen LogP contribution in [0.1, 0.15) is 6.92 Å². The third-order valence-electron chi connectivity index (χ3n) is 1.31. The molecule has 0 aromatic rings. The van der Waals surface area contributed by atoms with Gasteiger partial charge in [0.15, 0.2) is 0 Å². The Morgan fingerprint density at radius 1 is 1.21 bits per heavy atom. The number of nitrogens with one attached hydrogen (secondary N) is 2. The molecule has 0 aliphatic rings. The van der Waals surface area contributed by atoms with Gasteiger partial charge in [0.1, 0.15) is 5.88 Å². The van der Waals surface area contributed by atoms with E-state index in [1.165, 1.54) is 6.92 Å². The predicted molar refractivity (Wildman–Crippen MR) is 53.2 cm³/mol. The SMILES string of the molecule is CC(=O)NCCOCCNC(=O)CCl. The summed E-state index contributed by atoms with van der Waals surface area (Å²) in [5, 5.41) is 5.13. The zero-order chi connectivity index (χ0) is 10.8. The number of alkyl halides is 1. The summed E-state index contributed by atoms with van der Waals surface area (Å²) in [6.07, 6.45) is 0. The molecule has 2 amide bonds. The van der Waals surface area contributed by atoms with Crippen LogP contribution in [-0.2, 0) is 14.3 Å². The summed E-state index contributed by atoms with van der Waals surface area (Å²) in [7, 11) is 0. The molecule has 0 radical (unpaired) electrons. The van der Waals surface area contributed by atoms with Crippen molar-refractivity contribution in [3.05, 3.63) is 0 Å². The number of halogens is 1. The lowest BCUT2D eigenvalue weighted by Crippen LogP contribution is -2.29. The number of carbonyl (C=O) groups is 2. The molecule has 0 bridgehead atoms. The molecule has 0 unspecified atom stereocenters. The van der Waals surface area contributed by atoms with Crippen LogP contribution in [-0.4, -0.2) is 44.0 Å². The average molecular weight is 223 g/mol. The Labute approximate surface area is 88.1 Å². The Morgan fingerprint density at radius 2 is 1.79 bits per heavy atom. The Hall–Kier alpha value is -0.810. The maximum atomic E-state index is 10.6. The van der Waals surface area contributed by atoms with Crippen molar-refractivity contribution in [2.45, 2.75) is 6.92 Å². The second-order valence-electron chi connectivity index (χ2n) is 2.58. The number of hydrogen-bond donors (Lipinski definition) is 2. The fourth-order valence-electron chi connectivity index (χ4n) is 0.711. The van der Waals surface area contributed by atoms with Crippen LogP contribution in [0, 0.1) is 0 Å². The van der Waals surface area contributed by atoms with E-state index < -0.39 is 0 Å². The van der Waals surface area contributed by atoms with Crippen molar-refractivity contribution in [3.8, 4) is 0 Å². The van der Waals surface area contributed by atoms with E-state index in [2.05, 4.69) is 10.6 Å². The van der Waals surface area contributed by atoms with Crippen molar-refractivity contribution in [2.75, 3.05) is 32.2 Å². The van der Waals surface area contributed by atoms with Crippen molar-refractivity contribution < 1.29 is 14.3 Å². The summed E-state index contributed by atoms with van der Waals surface area (Å²) >= 11 is 5.25. The molecule has 0 atom stereocenters. The molecular weight excluding hydrogens is 208 g/mol. The number of carbonyl (C=O) groups excluding carboxylic acids is 2. The third-order valence-corrected chi connectivity index (χ3v) is 1.55. The van der Waals surface area contributed by atoms with Crippen molar-refractivity contribution >= 4 is 23.4 Å². The topological polar surface area (TPSA) is 67.4 Å². The Balaban J connectivity index is 3.06. The van der Waals surface area contributed by atoms with E-state index in [-0.39, 0.29) is 17.7 Å². The number of hydrogen-bond acceptors (Lipinski definition) is 3. The molecule has 0 aliphatic heterocycles. The second kappa shape index (κ2) is 8.77. The molecule has 82 valence electrons. The predicted octanol–water partition coefficient (Wildman–Crippen LogP) is -0.506. The van der Waals surface area contributed by atoms with Gasteiger partial charge in [0, 0.05) is 20.0 Å². The summed E-state index contributed by atoms with van der Waals surface area (Å²) in [6.45, 7) is 3.23. The fraction of sp³-hybridized carbons (Fsp3) is 0.750. The van der Waals surface area contributed by atoms with Crippen molar-refractivity contribution in [1.29, 1.82) is 0 Å². The molecule has 0 saturated carbocycles. The van der Waals surface area contributed by atoms with Crippen LogP contribution in [0.25, 0.3) is 0 Å². The summed E-state index contributed by atoms with van der Waals surface area (Å²) in [4.78, 5) is 21.1. The molecule has 2 N–H and O–H groups in total. The van der Waals surface area contributed by atoms with Gasteiger partial charge in [-0.15, -0.1) is 11.6 Å². The molecule has 14 heavy (non-hydrogen) atoms. The molecule has 0 saturated heterocycles. The maximum Gasteiger partial charge on any atom is 0.235 e. The van der Waals surface area contributed by atoms with Crippen LogP contribution in [0.5, 0.6) is 0 Å². The van der Waals surface area contributed by atoms with E-state index in [9.17, 15) is 9.59 Å². The quantitative estimate of drug-likeness (QED) is 0.451. The van der Waals surface area contributed by atoms with Crippen LogP contribution in [0.2, 0.25) is 0 Å². The van der Waals surface area contributed by atoms with E-state index in [0.717, 1.165) is 0 Å². The van der Waals surface area contributed by atoms with Gasteiger partial charge in [-0.1, -0.05) is 0 Å². The molecule has 0 aromatic heterocycles. The first-order valence-corrected chi connectivity index (χ1v) is 4.85. The second-order valence-corrected chi connectivity index (χ2v) is 2.85. The zero-order valence-corrected chi connectivity index (χ0v) is 8.89. The first-order chi connectivity index (χ1) is 6.66. The van der Waals surface area contributed by atoms with Gasteiger partial charge in [-0.05, 0) is 0 Å². The largest absolute Gasteiger partial charge is 0.378 e. The smallest absolute Gasteiger partial charge is 0.235 e. The van der Waals surface area contributed by atoms with E-state index in [4.69, 9.17) is 16.3 Å². The monoisotopic (exact) mass is 222 g/mol. The molecule has 0 aliphatic carbocycles. The van der Waals surface area contributed by atoms with Crippen LogP contribution in [0.4, 0.5) is 0 Å². The summed E-state index contributed by atoms with van der Waals surface area (Å²) in [5.41, 5.74) is 0. The summed E-state index contributed by atoms with van der Waals surface area (Å²) in [6, 6.07) is 0. The lowest BCUT2D eigenvalue weighted by atomic mass is 10.6. The highest BCUT2D eigenvalue weighted by Gasteiger charge is 1.96. The lowest BCUT2D eigenvalue weighted by Gasteiger charge is -2.05. The lowest BCUT2D eigenvalue weighted by molar-refractivity contribution is -0.119. The van der Waals surface area contributed by atoms with E-state index in [1.807, 2.05) is 0 Å². The highest BCUT2D eigenvalue weighted by Crippen LogP contribution is 1.76. The molecular formula is C8H15ClN2O3. The van der Waals surface area contributed by atoms with Gasteiger partial charge in [-0.25, -0.2) is 0 Å². The van der Waals surface area contributed by atoms with Crippen LogP contribution in [0.15, 0.2) is 0 Å². The molecule has 0 heterocycles. The summed E-state index contributed by atoms with van der Waals surface area (Å²) in [5.74, 6) is -0.326. The van der Waals surface area contributed by atoms with Gasteiger partial charge in [-0.2, -0.15) is 0 Å². The number of amides is 2. The normalized spacial score (nSPS) is 9.57. The average Bonchev–Trinajstić information content (AvgIpc) is 2.15. The Bertz CT molecular complexity index is 187. The molecule has 0 aromatic carbocycles. The van der Waals surface area contributed by atoms with Gasteiger partial charge in [0.05, 0.1) is 13.2 Å². The molecule has 6 heteroatoms. The van der Waals surface area contributed by atoms with Crippen LogP contribution >= 0.6 is 11.6 Å². The molecule has 0 fully saturated rings. The first-order valence-electron chi connectivity index (χ1n) is 4.31. The van der Waals surface area contributed by atoms with Gasteiger partial charge in [0.25, 0.3) is 0 Å². The zero-order valence-electron chi connectivity index (χ0n) is 8.14. The molecule has 0 spiro atoms. The fourth-order valence-corrected chi connectivity index (χ4v) is 0.806. The highest BCUT2D eigenvalue weighted by molar-refractivity contribution is 6.27. The van der Waals surface area contributed by atoms with E-state index in [1.54, 1.807) is 0 Å². The van der Waals surface area contributed by atoms with Gasteiger partial charge >= 0.3 is 0 Å². The minimum atomic E-state index is -0.211. The van der Waals surface area contributed by atoms with Crippen molar-refractivity contribution in [2.24, 2.45) is 0 Å². The minimum Gasteiger partial charge on any atom is -0.378 e. The van der Waals surface area contributed by atoms with Crippen LogP contribution < -0.4 is 10.6 Å². The maximum absolute atomic E-state index is 10.6. The van der Waals surface area contributed by atoms with Crippen molar-refractivity contribution in [3.63, 3.8) is 0 Å². The van der Waals surface area contributed by atoms with Gasteiger partial charge in [-0.3, -0.25) is 9.59 Å².